The highest BCUT2D eigenvalue weighted by molar-refractivity contribution is 5.94. The molecule has 0 unspecified atom stereocenters. The number of hydrogen-bond acceptors (Lipinski definition) is 6. The zero-order chi connectivity index (χ0) is 22.8. The van der Waals surface area contributed by atoms with Crippen molar-refractivity contribution in [2.75, 3.05) is 13.6 Å². The van der Waals surface area contributed by atoms with E-state index < -0.39 is 5.60 Å². The van der Waals surface area contributed by atoms with Crippen molar-refractivity contribution in [1.29, 1.82) is 0 Å². The Balaban J connectivity index is 1.34. The number of aromatic nitrogens is 4. The third-order valence-electron chi connectivity index (χ3n) is 6.58. The van der Waals surface area contributed by atoms with Crippen LogP contribution in [0.4, 0.5) is 0 Å². The molecule has 0 radical (unpaired) electrons. The van der Waals surface area contributed by atoms with E-state index in [1.165, 1.54) is 0 Å². The lowest BCUT2D eigenvalue weighted by atomic mass is 9.82. The lowest BCUT2D eigenvalue weighted by molar-refractivity contribution is -0.129. The summed E-state index contributed by atoms with van der Waals surface area (Å²) in [4.78, 5) is 27.2. The summed E-state index contributed by atoms with van der Waals surface area (Å²) in [7, 11) is 1.83. The maximum Gasteiger partial charge on any atom is 0.251 e. The Hall–Kier alpha value is -3.75. The summed E-state index contributed by atoms with van der Waals surface area (Å²) in [6, 6.07) is 15.1. The van der Waals surface area contributed by atoms with Crippen molar-refractivity contribution < 1.29 is 14.3 Å². The molecule has 2 aromatic carbocycles. The molecule has 2 atom stereocenters. The molecule has 2 aliphatic heterocycles. The van der Waals surface area contributed by atoms with Gasteiger partial charge in [0.1, 0.15) is 17.7 Å². The van der Waals surface area contributed by atoms with Crippen molar-refractivity contribution in [3.63, 3.8) is 0 Å². The van der Waals surface area contributed by atoms with Crippen LogP contribution in [0, 0.1) is 0 Å². The van der Waals surface area contributed by atoms with Gasteiger partial charge < -0.3 is 15.0 Å². The van der Waals surface area contributed by atoms with E-state index in [4.69, 9.17) is 4.74 Å². The van der Waals surface area contributed by atoms with Gasteiger partial charge in [-0.2, -0.15) is 0 Å². The number of benzene rings is 2. The minimum Gasteiger partial charge on any atom is -0.487 e. The van der Waals surface area contributed by atoms with E-state index in [9.17, 15) is 9.59 Å². The second-order valence-corrected chi connectivity index (χ2v) is 8.82. The van der Waals surface area contributed by atoms with E-state index in [1.54, 1.807) is 15.9 Å². The molecular formula is C24H26N6O3. The molecule has 9 nitrogen and oxygen atoms in total. The van der Waals surface area contributed by atoms with Gasteiger partial charge in [0.2, 0.25) is 5.91 Å². The summed E-state index contributed by atoms with van der Waals surface area (Å²) in [5.74, 6) is 0.780. The predicted molar refractivity (Wildman–Crippen MR) is 119 cm³/mol. The fourth-order valence-corrected chi connectivity index (χ4v) is 4.64. The van der Waals surface area contributed by atoms with Crippen LogP contribution in [-0.4, -0.2) is 56.1 Å². The number of likely N-dealkylation sites (tertiary alicyclic amines) is 1. The van der Waals surface area contributed by atoms with Crippen molar-refractivity contribution in [2.45, 2.75) is 43.9 Å². The summed E-state index contributed by atoms with van der Waals surface area (Å²) in [5, 5.41) is 14.4. The highest BCUT2D eigenvalue weighted by atomic mass is 16.5. The first-order valence-corrected chi connectivity index (χ1v) is 11.1. The number of fused-ring (bicyclic) bond motifs is 1. The van der Waals surface area contributed by atoms with Crippen molar-refractivity contribution in [1.82, 2.24) is 30.4 Å². The van der Waals surface area contributed by atoms with Crippen molar-refractivity contribution in [2.24, 2.45) is 0 Å². The Morgan fingerprint density at radius 1 is 1.18 bits per heavy atom. The van der Waals surface area contributed by atoms with Gasteiger partial charge in [0.05, 0.1) is 12.6 Å². The molecule has 33 heavy (non-hydrogen) atoms. The first kappa shape index (κ1) is 21.1. The third kappa shape index (κ3) is 4.44. The first-order valence-electron chi connectivity index (χ1n) is 11.1. The average Bonchev–Trinajstić information content (AvgIpc) is 3.30. The second kappa shape index (κ2) is 8.65. The highest BCUT2D eigenvalue weighted by Crippen LogP contribution is 2.44. The van der Waals surface area contributed by atoms with E-state index in [2.05, 4.69) is 20.8 Å². The van der Waals surface area contributed by atoms with Crippen LogP contribution in [0.2, 0.25) is 0 Å². The minimum absolute atomic E-state index is 0.136. The lowest BCUT2D eigenvalue weighted by Crippen LogP contribution is -2.45. The molecule has 0 bridgehead atoms. The van der Waals surface area contributed by atoms with Crippen LogP contribution in [0.1, 0.15) is 53.2 Å². The second-order valence-electron chi connectivity index (χ2n) is 8.82. The normalized spacial score (nSPS) is 22.4. The molecule has 3 aromatic rings. The maximum absolute atomic E-state index is 13.1. The molecule has 2 amide bonds. The van der Waals surface area contributed by atoms with Crippen LogP contribution in [0.5, 0.6) is 5.75 Å². The molecule has 1 fully saturated rings. The maximum atomic E-state index is 13.1. The van der Waals surface area contributed by atoms with Crippen LogP contribution in [-0.2, 0) is 11.3 Å². The molecule has 1 saturated heterocycles. The fourth-order valence-electron chi connectivity index (χ4n) is 4.64. The Labute approximate surface area is 191 Å². The molecule has 0 aliphatic carbocycles. The van der Waals surface area contributed by atoms with Gasteiger partial charge in [0.25, 0.3) is 5.91 Å². The Bertz CT molecular complexity index is 1150. The topological polar surface area (TPSA) is 102 Å². The Kier molecular flexibility index (Phi) is 5.53. The van der Waals surface area contributed by atoms with E-state index in [0.29, 0.717) is 37.9 Å². The molecular weight excluding hydrogens is 420 g/mol. The quantitative estimate of drug-likeness (QED) is 0.660. The number of amides is 2. The van der Waals surface area contributed by atoms with Crippen molar-refractivity contribution in [3.8, 4) is 5.75 Å². The van der Waals surface area contributed by atoms with Gasteiger partial charge in [-0.1, -0.05) is 30.3 Å². The van der Waals surface area contributed by atoms with Crippen LogP contribution < -0.4 is 10.1 Å². The third-order valence-corrected chi connectivity index (χ3v) is 6.58. The minimum atomic E-state index is -0.470. The van der Waals surface area contributed by atoms with Gasteiger partial charge >= 0.3 is 0 Å². The number of para-hydroxylation sites is 1. The summed E-state index contributed by atoms with van der Waals surface area (Å²) >= 11 is 0. The molecule has 170 valence electrons. The van der Waals surface area contributed by atoms with E-state index in [1.807, 2.05) is 55.6 Å². The fraction of sp³-hybridized carbons (Fsp3) is 0.375. The first-order chi connectivity index (χ1) is 16.0. The van der Waals surface area contributed by atoms with Crippen LogP contribution >= 0.6 is 0 Å². The molecule has 0 saturated carbocycles. The molecule has 5 rings (SSSR count). The number of ether oxygens (including phenoxy) is 1. The Morgan fingerprint density at radius 3 is 2.79 bits per heavy atom. The molecule has 3 heterocycles. The number of tetrazole rings is 1. The smallest absolute Gasteiger partial charge is 0.251 e. The standard InChI is InChI=1S/C24H26N6O3/c1-29-13-12-24(11-10-22(29)31)14-20(19-4-2-3-5-21(19)33-24)26-23(32)18-8-6-17(7-9-18)15-30-16-25-27-28-30/h2-9,16,20H,10-15H2,1H3,(H,26,32)/t20-,24+/m0/s1. The van der Waals surface area contributed by atoms with E-state index in [0.717, 1.165) is 23.3 Å². The van der Waals surface area contributed by atoms with Crippen LogP contribution in [0.3, 0.4) is 0 Å². The number of carbonyl (C=O) groups is 2. The molecule has 1 spiro atoms. The van der Waals surface area contributed by atoms with E-state index >= 15 is 0 Å². The molecule has 2 aliphatic rings. The summed E-state index contributed by atoms with van der Waals surface area (Å²) < 4.78 is 8.10. The number of nitrogens with one attached hydrogen (secondary N) is 1. The van der Waals surface area contributed by atoms with Crippen LogP contribution in [0.15, 0.2) is 54.9 Å². The Morgan fingerprint density at radius 2 is 2.00 bits per heavy atom. The largest absolute Gasteiger partial charge is 0.487 e. The summed E-state index contributed by atoms with van der Waals surface area (Å²) in [6.45, 7) is 1.18. The summed E-state index contributed by atoms with van der Waals surface area (Å²) in [6.07, 6.45) is 4.01. The lowest BCUT2D eigenvalue weighted by Gasteiger charge is -2.42. The molecule has 1 aromatic heterocycles. The monoisotopic (exact) mass is 446 g/mol. The number of carbonyl (C=O) groups excluding carboxylic acids is 2. The van der Waals surface area contributed by atoms with Gasteiger partial charge in [0.15, 0.2) is 0 Å². The molecule has 1 N–H and O–H groups in total. The van der Waals surface area contributed by atoms with Crippen LogP contribution in [0.25, 0.3) is 0 Å². The van der Waals surface area contributed by atoms with Gasteiger partial charge in [-0.05, 0) is 40.6 Å². The zero-order valence-corrected chi connectivity index (χ0v) is 18.5. The average molecular weight is 447 g/mol. The number of nitrogens with zero attached hydrogens (tertiary/aromatic N) is 5. The van der Waals surface area contributed by atoms with Gasteiger partial charge in [-0.3, -0.25) is 9.59 Å². The van der Waals surface area contributed by atoms with Gasteiger partial charge in [-0.15, -0.1) is 5.10 Å². The van der Waals surface area contributed by atoms with E-state index in [-0.39, 0.29) is 17.9 Å². The van der Waals surface area contributed by atoms with Crippen molar-refractivity contribution >= 4 is 11.8 Å². The summed E-state index contributed by atoms with van der Waals surface area (Å²) in [5.41, 5.74) is 2.09. The van der Waals surface area contributed by atoms with Crippen molar-refractivity contribution in [3.05, 3.63) is 71.5 Å². The molecule has 9 heteroatoms. The van der Waals surface area contributed by atoms with Gasteiger partial charge in [0, 0.05) is 44.0 Å². The SMILES string of the molecule is CN1CC[C@]2(CCC1=O)C[C@H](NC(=O)c1ccc(Cn3cnnn3)cc1)c1ccccc1O2. The number of hydrogen-bond donors (Lipinski definition) is 1. The predicted octanol–water partition coefficient (Wildman–Crippen LogP) is 2.36. The zero-order valence-electron chi connectivity index (χ0n) is 18.5. The highest BCUT2D eigenvalue weighted by Gasteiger charge is 2.43. The van der Waals surface area contributed by atoms with Gasteiger partial charge in [-0.25, -0.2) is 4.68 Å². The number of rotatable bonds is 4.